The molecule has 2 radical (unpaired) electrons. The average molecular weight is 187 g/mol. The molecule has 0 aliphatic heterocycles. The van der Waals surface area contributed by atoms with E-state index in [9.17, 15) is 0 Å². The van der Waals surface area contributed by atoms with E-state index >= 15 is 0 Å². The summed E-state index contributed by atoms with van der Waals surface area (Å²) in [5.74, 6) is 0. The summed E-state index contributed by atoms with van der Waals surface area (Å²) in [6, 6.07) is 0. The predicted octanol–water partition coefficient (Wildman–Crippen LogP) is -0.317. The van der Waals surface area contributed by atoms with E-state index in [1.165, 1.54) is 0 Å². The summed E-state index contributed by atoms with van der Waals surface area (Å²) < 4.78 is 0. The van der Waals surface area contributed by atoms with Crippen molar-refractivity contribution in [1.82, 2.24) is 0 Å². The van der Waals surface area contributed by atoms with Crippen LogP contribution in [0.3, 0.4) is 0 Å². The molecule has 0 fully saturated rings. The van der Waals surface area contributed by atoms with E-state index in [4.69, 9.17) is 0 Å². The van der Waals surface area contributed by atoms with Crippen molar-refractivity contribution in [2.45, 2.75) is 0 Å². The van der Waals surface area contributed by atoms with E-state index < -0.39 is 0 Å². The zero-order valence-corrected chi connectivity index (χ0v) is 7.84. The molecule has 0 rings (SSSR count). The van der Waals surface area contributed by atoms with Crippen molar-refractivity contribution >= 4 is 60.8 Å². The molecule has 0 aromatic rings. The van der Waals surface area contributed by atoms with Gasteiger partial charge in [-0.15, -0.1) is 0 Å². The minimum absolute atomic E-state index is 0. The monoisotopic (exact) mass is 186 g/mol. The van der Waals surface area contributed by atoms with Crippen LogP contribution < -0.4 is 0 Å². The fraction of sp³-hybridized carbons (Fsp3) is 0. The van der Waals surface area contributed by atoms with Gasteiger partial charge >= 0.3 is 60.8 Å². The van der Waals surface area contributed by atoms with Gasteiger partial charge in [-0.05, 0) is 0 Å². The SMILES string of the molecule is [Ca+2].[Cu].[H-].[H-].[H-].[H-].[Mg+2].[Mn]. The second-order valence-electron chi connectivity index (χ2n) is 0. The van der Waals surface area contributed by atoms with Crippen LogP contribution in [-0.4, -0.2) is 60.8 Å². The van der Waals surface area contributed by atoms with Gasteiger partial charge in [0.15, 0.2) is 0 Å². The Morgan fingerprint density at radius 2 is 1.25 bits per heavy atom. The molecule has 0 bridgehead atoms. The predicted molar refractivity (Wildman–Crippen MR) is 16.0 cm³/mol. The van der Waals surface area contributed by atoms with Crippen molar-refractivity contribution in [3.63, 3.8) is 0 Å². The molecule has 0 saturated heterocycles. The van der Waals surface area contributed by atoms with Gasteiger partial charge in [-0.1, -0.05) is 0 Å². The van der Waals surface area contributed by atoms with Crippen LogP contribution >= 0.6 is 0 Å². The van der Waals surface area contributed by atoms with E-state index in [-0.39, 0.29) is 101 Å². The fourth-order valence-electron chi connectivity index (χ4n) is 0. The summed E-state index contributed by atoms with van der Waals surface area (Å²) >= 11 is 0. The molecule has 0 aromatic heterocycles. The maximum atomic E-state index is 0. The molecule has 4 heavy (non-hydrogen) atoms. The molecule has 0 atom stereocenters. The van der Waals surface area contributed by atoms with Crippen LogP contribution in [0.4, 0.5) is 0 Å². The van der Waals surface area contributed by atoms with Crippen molar-refractivity contribution in [1.29, 1.82) is 0 Å². The molecule has 4 heteroatoms. The van der Waals surface area contributed by atoms with Crippen molar-refractivity contribution in [3.05, 3.63) is 0 Å². The van der Waals surface area contributed by atoms with Gasteiger partial charge in [-0.2, -0.15) is 0 Å². The van der Waals surface area contributed by atoms with Crippen LogP contribution in [0, 0.1) is 0 Å². The van der Waals surface area contributed by atoms with E-state index in [1.807, 2.05) is 0 Å². The second-order valence-corrected chi connectivity index (χ2v) is 0. The molecular weight excluding hydrogens is 183 g/mol. The molecule has 26 valence electrons. The Morgan fingerprint density at radius 3 is 1.25 bits per heavy atom. The summed E-state index contributed by atoms with van der Waals surface area (Å²) in [6.07, 6.45) is 0. The topological polar surface area (TPSA) is 0 Å². The molecule has 0 aliphatic carbocycles. The van der Waals surface area contributed by atoms with Crippen LogP contribution in [0.1, 0.15) is 5.71 Å². The van der Waals surface area contributed by atoms with E-state index in [1.54, 1.807) is 0 Å². The standard InChI is InChI=1S/Ca.Cu.Mg.Mn.4H/q+2;;+2;;4*-1. The first-order valence-corrected chi connectivity index (χ1v) is 0. The molecule has 0 aromatic carbocycles. The molecule has 0 saturated carbocycles. The van der Waals surface area contributed by atoms with Gasteiger partial charge < -0.3 is 5.71 Å². The number of rotatable bonds is 0. The Bertz CT molecular complexity index is 16.0. The van der Waals surface area contributed by atoms with Crippen LogP contribution in [-0.2, 0) is 34.1 Å². The largest absolute Gasteiger partial charge is 2.00 e. The van der Waals surface area contributed by atoms with Crippen LogP contribution in [0.15, 0.2) is 0 Å². The van der Waals surface area contributed by atoms with Crippen LogP contribution in [0.5, 0.6) is 0 Å². The minimum Gasteiger partial charge on any atom is -1.00 e. The molecule has 0 nitrogen and oxygen atoms in total. The quantitative estimate of drug-likeness (QED) is 0.456. The first-order valence-electron chi connectivity index (χ1n) is 0. The Hall–Kier alpha value is 3.06. The van der Waals surface area contributed by atoms with Gasteiger partial charge in [-0.25, -0.2) is 0 Å². The summed E-state index contributed by atoms with van der Waals surface area (Å²) in [4.78, 5) is 0. The Balaban J connectivity index is 0. The maximum absolute atomic E-state index is 0. The van der Waals surface area contributed by atoms with E-state index in [2.05, 4.69) is 0 Å². The molecule has 0 amide bonds. The third kappa shape index (κ3) is 8.91. The molecule has 0 heterocycles. The fourth-order valence-corrected chi connectivity index (χ4v) is 0. The number of hydrogen-bond acceptors (Lipinski definition) is 0. The van der Waals surface area contributed by atoms with Crippen molar-refractivity contribution < 1.29 is 39.8 Å². The second kappa shape index (κ2) is 16.6. The van der Waals surface area contributed by atoms with Gasteiger partial charge in [0.05, 0.1) is 0 Å². The molecule has 0 unspecified atom stereocenters. The van der Waals surface area contributed by atoms with Crippen LogP contribution in [0.2, 0.25) is 0 Å². The van der Waals surface area contributed by atoms with Crippen molar-refractivity contribution in [2.75, 3.05) is 0 Å². The Labute approximate surface area is 98.9 Å². The number of hydrogen-bond donors (Lipinski definition) is 0. The molecule has 0 aliphatic rings. The zero-order valence-electron chi connectivity index (χ0n) is 6.09. The van der Waals surface area contributed by atoms with E-state index in [0.717, 1.165) is 0 Å². The van der Waals surface area contributed by atoms with Gasteiger partial charge in [-0.3, -0.25) is 0 Å². The van der Waals surface area contributed by atoms with Crippen LogP contribution in [0.25, 0.3) is 0 Å². The first-order chi connectivity index (χ1) is 0. The minimum atomic E-state index is 0. The smallest absolute Gasteiger partial charge is 1.00 e. The summed E-state index contributed by atoms with van der Waals surface area (Å²) in [7, 11) is 0. The van der Waals surface area contributed by atoms with Gasteiger partial charge in [0.1, 0.15) is 0 Å². The molecule has 0 N–H and O–H groups in total. The van der Waals surface area contributed by atoms with Crippen molar-refractivity contribution in [2.24, 2.45) is 0 Å². The third-order valence-corrected chi connectivity index (χ3v) is 0. The Kier molecular flexibility index (Phi) is 115. The molecular formula is H4CaCuMgMn. The third-order valence-electron chi connectivity index (χ3n) is 0. The summed E-state index contributed by atoms with van der Waals surface area (Å²) in [5.41, 5.74) is 0. The van der Waals surface area contributed by atoms with Gasteiger partial charge in [0, 0.05) is 34.1 Å². The van der Waals surface area contributed by atoms with Gasteiger partial charge in [0.2, 0.25) is 0 Å². The van der Waals surface area contributed by atoms with E-state index in [0.29, 0.717) is 0 Å². The maximum Gasteiger partial charge on any atom is 2.00 e. The van der Waals surface area contributed by atoms with Crippen molar-refractivity contribution in [3.8, 4) is 0 Å². The first kappa shape index (κ1) is 27.7. The summed E-state index contributed by atoms with van der Waals surface area (Å²) in [6.45, 7) is 0. The Morgan fingerprint density at radius 1 is 1.25 bits per heavy atom. The normalized spacial score (nSPS) is 0. The summed E-state index contributed by atoms with van der Waals surface area (Å²) in [5, 5.41) is 0. The van der Waals surface area contributed by atoms with Gasteiger partial charge in [0.25, 0.3) is 0 Å². The molecule has 0 spiro atoms. The average Bonchev–Trinajstić information content (AvgIpc) is 0. The zero-order chi connectivity index (χ0) is 0.